The SMILES string of the molecule is Cc1cc(NCCC(=O)Nc2ccc(F)c(Cl)c2)ccc1Br. The van der Waals surface area contributed by atoms with Gasteiger partial charge in [-0.3, -0.25) is 4.79 Å². The van der Waals surface area contributed by atoms with E-state index in [0.717, 1.165) is 15.7 Å². The van der Waals surface area contributed by atoms with Crippen molar-refractivity contribution in [2.24, 2.45) is 0 Å². The van der Waals surface area contributed by atoms with Gasteiger partial charge in [0, 0.05) is 28.8 Å². The van der Waals surface area contributed by atoms with Gasteiger partial charge in [0.1, 0.15) is 5.82 Å². The van der Waals surface area contributed by atoms with E-state index in [9.17, 15) is 9.18 Å². The molecule has 3 nitrogen and oxygen atoms in total. The van der Waals surface area contributed by atoms with Gasteiger partial charge in [0.2, 0.25) is 5.91 Å². The van der Waals surface area contributed by atoms with Crippen molar-refractivity contribution in [1.29, 1.82) is 0 Å². The van der Waals surface area contributed by atoms with Crippen LogP contribution in [0.3, 0.4) is 0 Å². The summed E-state index contributed by atoms with van der Waals surface area (Å²) >= 11 is 9.11. The molecule has 0 spiro atoms. The van der Waals surface area contributed by atoms with Crippen LogP contribution < -0.4 is 10.6 Å². The molecule has 22 heavy (non-hydrogen) atoms. The van der Waals surface area contributed by atoms with E-state index in [1.807, 2.05) is 25.1 Å². The number of rotatable bonds is 5. The van der Waals surface area contributed by atoms with Crippen LogP contribution >= 0.6 is 27.5 Å². The second-order valence-corrected chi connectivity index (χ2v) is 6.08. The van der Waals surface area contributed by atoms with E-state index in [2.05, 4.69) is 26.6 Å². The molecule has 0 fully saturated rings. The first-order valence-corrected chi connectivity index (χ1v) is 7.88. The Morgan fingerprint density at radius 3 is 2.64 bits per heavy atom. The zero-order valence-electron chi connectivity index (χ0n) is 11.9. The van der Waals surface area contributed by atoms with Gasteiger partial charge >= 0.3 is 0 Å². The number of carbonyl (C=O) groups excluding carboxylic acids is 1. The molecule has 0 heterocycles. The Labute approximate surface area is 142 Å². The highest BCUT2D eigenvalue weighted by Gasteiger charge is 2.05. The maximum Gasteiger partial charge on any atom is 0.226 e. The largest absolute Gasteiger partial charge is 0.385 e. The quantitative estimate of drug-likeness (QED) is 0.761. The molecular weight excluding hydrogens is 371 g/mol. The molecule has 116 valence electrons. The molecule has 0 aliphatic carbocycles. The molecule has 0 bridgehead atoms. The summed E-state index contributed by atoms with van der Waals surface area (Å²) in [5.74, 6) is -0.670. The van der Waals surface area contributed by atoms with Gasteiger partial charge in [0.25, 0.3) is 0 Å². The molecule has 2 N–H and O–H groups in total. The van der Waals surface area contributed by atoms with E-state index in [1.165, 1.54) is 18.2 Å². The van der Waals surface area contributed by atoms with Gasteiger partial charge in [-0.25, -0.2) is 4.39 Å². The minimum Gasteiger partial charge on any atom is -0.385 e. The van der Waals surface area contributed by atoms with Crippen molar-refractivity contribution in [2.75, 3.05) is 17.2 Å². The number of nitrogens with one attached hydrogen (secondary N) is 2. The Hall–Kier alpha value is -1.59. The van der Waals surface area contributed by atoms with Crippen molar-refractivity contribution >= 4 is 44.8 Å². The van der Waals surface area contributed by atoms with E-state index in [4.69, 9.17) is 11.6 Å². The van der Waals surface area contributed by atoms with E-state index in [-0.39, 0.29) is 10.9 Å². The Kier molecular flexibility index (Phi) is 5.80. The smallest absolute Gasteiger partial charge is 0.226 e. The van der Waals surface area contributed by atoms with Crippen molar-refractivity contribution in [3.8, 4) is 0 Å². The summed E-state index contributed by atoms with van der Waals surface area (Å²) in [5, 5.41) is 5.85. The van der Waals surface area contributed by atoms with Crippen LogP contribution in [0.2, 0.25) is 5.02 Å². The molecule has 2 aromatic carbocycles. The third-order valence-electron chi connectivity index (χ3n) is 3.04. The third kappa shape index (κ3) is 4.71. The standard InChI is InChI=1S/C16H15BrClFN2O/c1-10-8-11(2-4-13(10)17)20-7-6-16(22)21-12-3-5-15(19)14(18)9-12/h2-5,8-9,20H,6-7H2,1H3,(H,21,22). The lowest BCUT2D eigenvalue weighted by Crippen LogP contribution is -2.16. The van der Waals surface area contributed by atoms with Crippen LogP contribution in [0.15, 0.2) is 40.9 Å². The fourth-order valence-corrected chi connectivity index (χ4v) is 2.30. The molecule has 0 radical (unpaired) electrons. The Morgan fingerprint density at radius 2 is 1.95 bits per heavy atom. The van der Waals surface area contributed by atoms with Crippen molar-refractivity contribution < 1.29 is 9.18 Å². The first-order valence-electron chi connectivity index (χ1n) is 6.70. The van der Waals surface area contributed by atoms with E-state index in [0.29, 0.717) is 18.7 Å². The van der Waals surface area contributed by atoms with Gasteiger partial charge < -0.3 is 10.6 Å². The second kappa shape index (κ2) is 7.61. The zero-order valence-corrected chi connectivity index (χ0v) is 14.3. The maximum atomic E-state index is 13.0. The van der Waals surface area contributed by atoms with Crippen molar-refractivity contribution in [3.63, 3.8) is 0 Å². The van der Waals surface area contributed by atoms with Crippen LogP contribution in [0.5, 0.6) is 0 Å². The van der Waals surface area contributed by atoms with E-state index >= 15 is 0 Å². The molecule has 1 amide bonds. The topological polar surface area (TPSA) is 41.1 Å². The summed E-state index contributed by atoms with van der Waals surface area (Å²) in [7, 11) is 0. The molecule has 0 aliphatic heterocycles. The van der Waals surface area contributed by atoms with E-state index in [1.54, 1.807) is 0 Å². The van der Waals surface area contributed by atoms with E-state index < -0.39 is 5.82 Å². The number of amides is 1. The van der Waals surface area contributed by atoms with Gasteiger partial charge in [0.15, 0.2) is 0 Å². The Balaban J connectivity index is 1.82. The predicted octanol–water partition coefficient (Wildman–Crippen LogP) is 4.99. The lowest BCUT2D eigenvalue weighted by Gasteiger charge is -2.09. The average molecular weight is 386 g/mol. The van der Waals surface area contributed by atoms with Crippen molar-refractivity contribution in [2.45, 2.75) is 13.3 Å². The van der Waals surface area contributed by atoms with Gasteiger partial charge in [-0.05, 0) is 48.9 Å². The summed E-state index contributed by atoms with van der Waals surface area (Å²) in [5.41, 5.74) is 2.56. The highest BCUT2D eigenvalue weighted by molar-refractivity contribution is 9.10. The highest BCUT2D eigenvalue weighted by atomic mass is 79.9. The van der Waals surface area contributed by atoms with Crippen molar-refractivity contribution in [1.82, 2.24) is 0 Å². The van der Waals surface area contributed by atoms with Crippen LogP contribution in [0.25, 0.3) is 0 Å². The van der Waals surface area contributed by atoms with Gasteiger partial charge in [-0.15, -0.1) is 0 Å². The molecule has 6 heteroatoms. The Bertz CT molecular complexity index is 694. The molecular formula is C16H15BrClFN2O. The summed E-state index contributed by atoms with van der Waals surface area (Å²) < 4.78 is 14.1. The number of anilines is 2. The molecule has 0 saturated carbocycles. The van der Waals surface area contributed by atoms with Crippen LogP contribution in [0, 0.1) is 12.7 Å². The Morgan fingerprint density at radius 1 is 1.23 bits per heavy atom. The van der Waals surface area contributed by atoms with Crippen molar-refractivity contribution in [3.05, 3.63) is 57.3 Å². The summed E-state index contributed by atoms with van der Waals surface area (Å²) in [6.45, 7) is 2.50. The normalized spacial score (nSPS) is 10.4. The second-order valence-electron chi connectivity index (χ2n) is 4.82. The number of hydrogen-bond donors (Lipinski definition) is 2. The van der Waals surface area contributed by atoms with Crippen LogP contribution in [-0.4, -0.2) is 12.5 Å². The number of hydrogen-bond acceptors (Lipinski definition) is 2. The van der Waals surface area contributed by atoms with Crippen LogP contribution in [0.1, 0.15) is 12.0 Å². The first kappa shape index (κ1) is 16.8. The summed E-state index contributed by atoms with van der Waals surface area (Å²) in [4.78, 5) is 11.8. The lowest BCUT2D eigenvalue weighted by atomic mass is 10.2. The molecule has 2 aromatic rings. The number of carbonyl (C=O) groups is 1. The predicted molar refractivity (Wildman–Crippen MR) is 92.0 cm³/mol. The molecule has 0 aliphatic rings. The molecule has 0 unspecified atom stereocenters. The first-order chi connectivity index (χ1) is 10.5. The van der Waals surface area contributed by atoms with Crippen LogP contribution in [0.4, 0.5) is 15.8 Å². The van der Waals surface area contributed by atoms with Gasteiger partial charge in [0.05, 0.1) is 5.02 Å². The van der Waals surface area contributed by atoms with Gasteiger partial charge in [-0.2, -0.15) is 0 Å². The molecule has 0 atom stereocenters. The van der Waals surface area contributed by atoms with Crippen LogP contribution in [-0.2, 0) is 4.79 Å². The minimum absolute atomic E-state index is 0.0127. The fourth-order valence-electron chi connectivity index (χ4n) is 1.87. The monoisotopic (exact) mass is 384 g/mol. The molecule has 0 aromatic heterocycles. The molecule has 0 saturated heterocycles. The fraction of sp³-hybridized carbons (Fsp3) is 0.188. The number of halogens is 3. The zero-order chi connectivity index (χ0) is 16.1. The number of benzene rings is 2. The summed E-state index contributed by atoms with van der Waals surface area (Å²) in [6, 6.07) is 9.99. The van der Waals surface area contributed by atoms with Gasteiger partial charge in [-0.1, -0.05) is 27.5 Å². The third-order valence-corrected chi connectivity index (χ3v) is 4.22. The lowest BCUT2D eigenvalue weighted by molar-refractivity contribution is -0.115. The number of aryl methyl sites for hydroxylation is 1. The highest BCUT2D eigenvalue weighted by Crippen LogP contribution is 2.21. The minimum atomic E-state index is -0.507. The summed E-state index contributed by atoms with van der Waals surface area (Å²) in [6.07, 6.45) is 0.296. The maximum absolute atomic E-state index is 13.0. The average Bonchev–Trinajstić information content (AvgIpc) is 2.47. The molecule has 2 rings (SSSR count).